The largest absolute Gasteiger partial charge is 0.344 e. The number of likely N-dealkylation sites (N-methyl/N-ethyl adjacent to an activating group) is 2. The van der Waals surface area contributed by atoms with Crippen LogP contribution in [0.1, 0.15) is 105 Å². The number of fused-ring (bicyclic) bond motifs is 5. The van der Waals surface area contributed by atoms with E-state index in [2.05, 4.69) is 131 Å². The van der Waals surface area contributed by atoms with Gasteiger partial charge in [0.25, 0.3) is 0 Å². The first-order valence-corrected chi connectivity index (χ1v) is 24.1. The minimum Gasteiger partial charge on any atom is -0.344 e. The molecule has 10 nitrogen and oxygen atoms in total. The number of hydrogen-bond donors (Lipinski definition) is 2. The number of rotatable bonds is 14. The minimum absolute atomic E-state index is 0.0422. The molecule has 65 heavy (non-hydrogen) atoms. The highest BCUT2D eigenvalue weighted by atomic mass is 16.2. The summed E-state index contributed by atoms with van der Waals surface area (Å²) in [4.78, 5) is 55.7. The van der Waals surface area contributed by atoms with Crippen molar-refractivity contribution in [3.8, 4) is 33.6 Å². The number of carbonyl (C=O) groups is 2. The smallest absolute Gasteiger partial charge is 0.245 e. The molecule has 2 amide bonds. The highest BCUT2D eigenvalue weighted by molar-refractivity contribution is 5.86. The first-order valence-electron chi connectivity index (χ1n) is 24.1. The zero-order valence-electron chi connectivity index (χ0n) is 38.1. The number of imidazole rings is 2. The zero-order chi connectivity index (χ0) is 44.5. The van der Waals surface area contributed by atoms with Crippen LogP contribution in [0.2, 0.25) is 0 Å². The summed E-state index contributed by atoms with van der Waals surface area (Å²) in [6.45, 7) is 16.3. The number of amides is 2. The molecule has 6 aromatic rings. The van der Waals surface area contributed by atoms with Crippen LogP contribution in [0.15, 0.2) is 121 Å². The number of aromatic nitrogens is 4. The summed E-state index contributed by atoms with van der Waals surface area (Å²) >= 11 is 0. The Balaban J connectivity index is 0.814. The Morgan fingerprint density at radius 2 is 1.31 bits per heavy atom. The number of benzene rings is 4. The molecule has 4 aromatic carbocycles. The second-order valence-electron chi connectivity index (χ2n) is 18.8. The monoisotopic (exact) mass is 864 g/mol. The summed E-state index contributed by atoms with van der Waals surface area (Å²) < 4.78 is 0. The summed E-state index contributed by atoms with van der Waals surface area (Å²) in [5.41, 5.74) is 12.1. The second kappa shape index (κ2) is 16.7. The number of nitrogens with one attached hydrogen (secondary N) is 2. The van der Waals surface area contributed by atoms with E-state index in [1.54, 1.807) is 0 Å². The molecule has 3 aliphatic carbocycles. The van der Waals surface area contributed by atoms with Gasteiger partial charge < -0.3 is 19.8 Å². The molecule has 2 aromatic heterocycles. The summed E-state index contributed by atoms with van der Waals surface area (Å²) in [7, 11) is 0. The Morgan fingerprint density at radius 1 is 0.692 bits per heavy atom. The molecule has 11 rings (SSSR count). The second-order valence-corrected chi connectivity index (χ2v) is 18.8. The van der Waals surface area contributed by atoms with Gasteiger partial charge in [0.1, 0.15) is 29.8 Å². The van der Waals surface area contributed by atoms with Gasteiger partial charge in [0, 0.05) is 29.3 Å². The van der Waals surface area contributed by atoms with Crippen LogP contribution in [0, 0.1) is 11.8 Å². The van der Waals surface area contributed by atoms with Gasteiger partial charge in [-0.2, -0.15) is 0 Å². The average Bonchev–Trinajstić information content (AvgIpc) is 4.05. The number of aryl methyl sites for hydroxylation is 2. The van der Waals surface area contributed by atoms with Crippen molar-refractivity contribution in [2.45, 2.75) is 96.1 Å². The van der Waals surface area contributed by atoms with E-state index in [0.717, 1.165) is 109 Å². The lowest BCUT2D eigenvalue weighted by atomic mass is 9.89. The van der Waals surface area contributed by atoms with Crippen molar-refractivity contribution in [1.29, 1.82) is 0 Å². The van der Waals surface area contributed by atoms with E-state index in [1.807, 2.05) is 42.6 Å². The maximum Gasteiger partial charge on any atom is 0.245 e. The third-order valence-corrected chi connectivity index (χ3v) is 15.4. The van der Waals surface area contributed by atoms with Gasteiger partial charge in [0.05, 0.1) is 23.6 Å². The molecule has 8 atom stereocenters. The molecule has 0 bridgehead atoms. The van der Waals surface area contributed by atoms with E-state index in [1.165, 1.54) is 22.4 Å². The number of aromatic amines is 2. The van der Waals surface area contributed by atoms with Crippen molar-refractivity contribution in [1.82, 2.24) is 39.5 Å². The lowest BCUT2D eigenvalue weighted by Gasteiger charge is -2.35. The average molecular weight is 865 g/mol. The van der Waals surface area contributed by atoms with E-state index in [9.17, 15) is 9.59 Å². The third kappa shape index (κ3) is 7.17. The molecule has 5 aliphatic rings. The van der Waals surface area contributed by atoms with Gasteiger partial charge in [-0.1, -0.05) is 137 Å². The third-order valence-electron chi connectivity index (χ3n) is 15.4. The highest BCUT2D eigenvalue weighted by Crippen LogP contribution is 2.57. The molecular weight excluding hydrogens is 805 g/mol. The van der Waals surface area contributed by atoms with Crippen LogP contribution >= 0.6 is 0 Å². The Hall–Kier alpha value is -6.10. The molecule has 4 fully saturated rings. The number of piperidine rings is 2. The Bertz CT molecular complexity index is 2730. The maximum atomic E-state index is 14.7. The molecule has 10 heteroatoms. The van der Waals surface area contributed by atoms with Crippen molar-refractivity contribution in [3.05, 3.63) is 156 Å². The predicted molar refractivity (Wildman–Crippen MR) is 255 cm³/mol. The van der Waals surface area contributed by atoms with Crippen LogP contribution in [0.4, 0.5) is 0 Å². The van der Waals surface area contributed by atoms with Crippen LogP contribution < -0.4 is 0 Å². The van der Waals surface area contributed by atoms with Gasteiger partial charge >= 0.3 is 0 Å². The van der Waals surface area contributed by atoms with E-state index < -0.39 is 0 Å². The fraction of sp³-hybridized carbons (Fsp3) is 0.382. The first-order chi connectivity index (χ1) is 31.8. The standard InChI is InChI=1S/C55H60N8O2/c1-6-60(7-2)50(36-16-12-10-13-17-36)54(64)62-45-29-40(45)30-47(62)52-57-43-27-25-39-28-38(24-26-41(39)48(43)59-52)34-20-22-35(23-21-34)44-32-56-53(58-44)49-33(5)42-31-46(42)63(49)55(65)51(61(8-3)9-4)37-18-14-11-15-19-37/h10-24,26,28,32,40,42,45-47,49-51H,5-9,25,27,29-31H2,1-4H3,(H,56,58)(H,57,59)/t40-,42?,45?,46?,47+,49+,50-,51-/m1/s1. The SMILES string of the molecule is C=C1C2CC2N(C(=O)[C@@H](c2ccccc2)N(CC)CC)[C@@H]1c1ncc(-c2ccc(-c3ccc4c(c3)CCc3[nH]c([C@@H]5C[C@H]6CC6N5C(=O)[C@@H](c5ccccc5)N(CC)CC)nc3-4)cc2)[nH]1. The molecular formula is C55H60N8O2. The minimum atomic E-state index is -0.355. The number of likely N-dealkylation sites (tertiary alicyclic amines) is 2. The first kappa shape index (κ1) is 41.6. The summed E-state index contributed by atoms with van der Waals surface area (Å²) in [5, 5.41) is 0. The van der Waals surface area contributed by atoms with Gasteiger partial charge in [0.15, 0.2) is 0 Å². The number of carbonyl (C=O) groups excluding carboxylic acids is 2. The maximum absolute atomic E-state index is 14.7. The summed E-state index contributed by atoms with van der Waals surface area (Å²) in [6.07, 6.45) is 6.74. The van der Waals surface area contributed by atoms with Gasteiger partial charge in [-0.25, -0.2) is 9.97 Å². The molecule has 2 N–H and O–H groups in total. The summed E-state index contributed by atoms with van der Waals surface area (Å²) in [5.74, 6) is 2.89. The van der Waals surface area contributed by atoms with Crippen LogP contribution in [-0.4, -0.2) is 89.6 Å². The molecule has 332 valence electrons. The predicted octanol–water partition coefficient (Wildman–Crippen LogP) is 9.89. The topological polar surface area (TPSA) is 104 Å². The number of nitrogens with zero attached hydrogens (tertiary/aromatic N) is 6. The normalized spacial score (nSPS) is 23.6. The quantitative estimate of drug-likeness (QED) is 0.106. The molecule has 0 radical (unpaired) electrons. The fourth-order valence-corrected chi connectivity index (χ4v) is 11.8. The molecule has 2 saturated heterocycles. The van der Waals surface area contributed by atoms with Crippen molar-refractivity contribution < 1.29 is 9.59 Å². The van der Waals surface area contributed by atoms with Crippen LogP contribution in [0.25, 0.3) is 33.6 Å². The Labute approximate surface area is 382 Å². The summed E-state index contributed by atoms with van der Waals surface area (Å²) in [6, 6.07) is 35.4. The van der Waals surface area contributed by atoms with Crippen molar-refractivity contribution in [2.75, 3.05) is 26.2 Å². The zero-order valence-corrected chi connectivity index (χ0v) is 38.1. The number of hydrogen-bond acceptors (Lipinski definition) is 6. The Kier molecular flexibility index (Phi) is 10.7. The van der Waals surface area contributed by atoms with Gasteiger partial charge in [-0.15, -0.1) is 0 Å². The van der Waals surface area contributed by atoms with E-state index in [4.69, 9.17) is 9.97 Å². The van der Waals surface area contributed by atoms with Crippen molar-refractivity contribution >= 4 is 11.8 Å². The van der Waals surface area contributed by atoms with Crippen LogP contribution in [0.3, 0.4) is 0 Å². The number of H-pyrrole nitrogens is 2. The molecule has 2 aliphatic heterocycles. The van der Waals surface area contributed by atoms with E-state index in [0.29, 0.717) is 17.9 Å². The molecule has 4 heterocycles. The van der Waals surface area contributed by atoms with Gasteiger partial charge in [0.2, 0.25) is 11.8 Å². The van der Waals surface area contributed by atoms with Crippen molar-refractivity contribution in [3.63, 3.8) is 0 Å². The lowest BCUT2D eigenvalue weighted by Crippen LogP contribution is -2.44. The van der Waals surface area contributed by atoms with E-state index in [-0.39, 0.29) is 42.0 Å². The molecule has 2 saturated carbocycles. The van der Waals surface area contributed by atoms with Crippen molar-refractivity contribution in [2.24, 2.45) is 11.8 Å². The molecule has 0 spiro atoms. The highest BCUT2D eigenvalue weighted by Gasteiger charge is 2.59. The van der Waals surface area contributed by atoms with Gasteiger partial charge in [-0.3, -0.25) is 19.4 Å². The van der Waals surface area contributed by atoms with Crippen LogP contribution in [0.5, 0.6) is 0 Å². The lowest BCUT2D eigenvalue weighted by molar-refractivity contribution is -0.140. The van der Waals surface area contributed by atoms with E-state index >= 15 is 0 Å². The van der Waals surface area contributed by atoms with Crippen LogP contribution in [-0.2, 0) is 22.4 Å². The molecule has 3 unspecified atom stereocenters. The van der Waals surface area contributed by atoms with Gasteiger partial charge in [-0.05, 0) is 103 Å². The Morgan fingerprint density at radius 3 is 1.95 bits per heavy atom. The fourth-order valence-electron chi connectivity index (χ4n) is 11.8.